The minimum absolute atomic E-state index is 0.373. The van der Waals surface area contributed by atoms with Gasteiger partial charge in [0, 0.05) is 16.2 Å². The van der Waals surface area contributed by atoms with Crippen LogP contribution in [-0.4, -0.2) is 6.29 Å². The Kier molecular flexibility index (Phi) is 2.46. The van der Waals surface area contributed by atoms with Gasteiger partial charge in [0.15, 0.2) is 6.29 Å². The van der Waals surface area contributed by atoms with Crippen LogP contribution in [-0.2, 0) is 0 Å². The third kappa shape index (κ3) is 1.62. The Balaban J connectivity index is 3.28. The molecule has 4 nitrogen and oxygen atoms in total. The molecular weight excluding hydrogens is 154 g/mol. The standard InChI is InChI=1S/C8H7N3O/c1-6-2-3-8(10-11-9)7(4-6)5-12/h2-5H,1H3. The number of azide groups is 1. The minimum atomic E-state index is 0.373. The van der Waals surface area contributed by atoms with Gasteiger partial charge in [-0.25, -0.2) is 0 Å². The van der Waals surface area contributed by atoms with Crippen LogP contribution in [0.2, 0.25) is 0 Å². The fraction of sp³-hybridized carbons (Fsp3) is 0.125. The molecule has 12 heavy (non-hydrogen) atoms. The summed E-state index contributed by atoms with van der Waals surface area (Å²) in [6.07, 6.45) is 0.678. The number of hydrogen-bond acceptors (Lipinski definition) is 2. The number of nitrogens with zero attached hydrogens (tertiary/aromatic N) is 3. The van der Waals surface area contributed by atoms with Gasteiger partial charge < -0.3 is 0 Å². The highest BCUT2D eigenvalue weighted by atomic mass is 16.1. The summed E-state index contributed by atoms with van der Waals surface area (Å²) in [6.45, 7) is 1.87. The lowest BCUT2D eigenvalue weighted by Crippen LogP contribution is -1.81. The van der Waals surface area contributed by atoms with Gasteiger partial charge in [0.1, 0.15) is 0 Å². The molecule has 0 N–H and O–H groups in total. The van der Waals surface area contributed by atoms with Gasteiger partial charge in [-0.3, -0.25) is 4.79 Å². The quantitative estimate of drug-likeness (QED) is 0.284. The van der Waals surface area contributed by atoms with Crippen molar-refractivity contribution in [3.63, 3.8) is 0 Å². The first kappa shape index (κ1) is 8.30. The molecule has 0 unspecified atom stereocenters. The van der Waals surface area contributed by atoms with Gasteiger partial charge in [-0.2, -0.15) is 0 Å². The van der Waals surface area contributed by atoms with E-state index in [0.29, 0.717) is 17.5 Å². The molecule has 0 saturated carbocycles. The Hall–Kier alpha value is -1.80. The summed E-state index contributed by atoms with van der Waals surface area (Å²) in [7, 11) is 0. The van der Waals surface area contributed by atoms with Crippen LogP contribution in [0.1, 0.15) is 15.9 Å². The van der Waals surface area contributed by atoms with E-state index in [1.165, 1.54) is 0 Å². The molecule has 1 aromatic rings. The molecule has 1 aromatic carbocycles. The second-order valence-electron chi connectivity index (χ2n) is 2.37. The molecule has 0 amide bonds. The average Bonchev–Trinajstić information content (AvgIpc) is 2.08. The Bertz CT molecular complexity index is 353. The van der Waals surface area contributed by atoms with Crippen molar-refractivity contribution in [3.8, 4) is 0 Å². The summed E-state index contributed by atoms with van der Waals surface area (Å²) < 4.78 is 0. The zero-order valence-corrected chi connectivity index (χ0v) is 6.56. The Morgan fingerprint density at radius 1 is 1.58 bits per heavy atom. The van der Waals surface area contributed by atoms with E-state index in [1.807, 2.05) is 6.92 Å². The van der Waals surface area contributed by atoms with Crippen LogP contribution in [0, 0.1) is 6.92 Å². The topological polar surface area (TPSA) is 65.8 Å². The molecule has 0 aromatic heterocycles. The van der Waals surface area contributed by atoms with E-state index in [2.05, 4.69) is 10.0 Å². The lowest BCUT2D eigenvalue weighted by Gasteiger charge is -1.97. The fourth-order valence-electron chi connectivity index (χ4n) is 0.908. The van der Waals surface area contributed by atoms with Crippen molar-refractivity contribution in [1.82, 2.24) is 0 Å². The van der Waals surface area contributed by atoms with Crippen molar-refractivity contribution in [2.45, 2.75) is 6.92 Å². The van der Waals surface area contributed by atoms with E-state index in [4.69, 9.17) is 5.53 Å². The summed E-state index contributed by atoms with van der Waals surface area (Å²) in [5, 5.41) is 3.37. The van der Waals surface area contributed by atoms with Gasteiger partial charge in [0.05, 0.1) is 0 Å². The van der Waals surface area contributed by atoms with Crippen LogP contribution in [0.5, 0.6) is 0 Å². The number of hydrogen-bond donors (Lipinski definition) is 0. The maximum atomic E-state index is 10.5. The summed E-state index contributed by atoms with van der Waals surface area (Å²) in [5.41, 5.74) is 9.92. The number of carbonyl (C=O) groups is 1. The molecule has 0 aliphatic rings. The van der Waals surface area contributed by atoms with Gasteiger partial charge in [0.25, 0.3) is 0 Å². The maximum Gasteiger partial charge on any atom is 0.150 e. The van der Waals surface area contributed by atoms with Gasteiger partial charge in [0.2, 0.25) is 0 Å². The van der Waals surface area contributed by atoms with Crippen molar-refractivity contribution >= 4 is 12.0 Å². The van der Waals surface area contributed by atoms with Gasteiger partial charge in [-0.05, 0) is 18.5 Å². The van der Waals surface area contributed by atoms with Crippen LogP contribution >= 0.6 is 0 Å². The summed E-state index contributed by atoms with van der Waals surface area (Å²) in [5.74, 6) is 0. The highest BCUT2D eigenvalue weighted by Gasteiger charge is 1.97. The molecule has 0 aliphatic heterocycles. The lowest BCUT2D eigenvalue weighted by atomic mass is 10.1. The molecule has 0 fully saturated rings. The van der Waals surface area contributed by atoms with Crippen LogP contribution in [0.4, 0.5) is 5.69 Å². The molecule has 0 radical (unpaired) electrons. The van der Waals surface area contributed by atoms with E-state index in [1.54, 1.807) is 18.2 Å². The van der Waals surface area contributed by atoms with E-state index < -0.39 is 0 Å². The van der Waals surface area contributed by atoms with Crippen molar-refractivity contribution in [1.29, 1.82) is 0 Å². The highest BCUT2D eigenvalue weighted by Crippen LogP contribution is 2.18. The molecule has 0 atom stereocenters. The second-order valence-corrected chi connectivity index (χ2v) is 2.37. The van der Waals surface area contributed by atoms with Crippen molar-refractivity contribution in [2.24, 2.45) is 5.11 Å². The smallest absolute Gasteiger partial charge is 0.150 e. The molecule has 0 spiro atoms. The van der Waals surface area contributed by atoms with Gasteiger partial charge >= 0.3 is 0 Å². The third-order valence-electron chi connectivity index (χ3n) is 1.46. The summed E-state index contributed by atoms with van der Waals surface area (Å²) >= 11 is 0. The SMILES string of the molecule is Cc1ccc(N=[N+]=[N-])c(C=O)c1. The van der Waals surface area contributed by atoms with E-state index in [9.17, 15) is 4.79 Å². The Morgan fingerprint density at radius 3 is 2.92 bits per heavy atom. The van der Waals surface area contributed by atoms with Crippen molar-refractivity contribution in [2.75, 3.05) is 0 Å². The normalized spacial score (nSPS) is 8.75. The molecular formula is C8H7N3O. The summed E-state index contributed by atoms with van der Waals surface area (Å²) in [4.78, 5) is 13.1. The minimum Gasteiger partial charge on any atom is -0.298 e. The average molecular weight is 161 g/mol. The predicted molar refractivity (Wildman–Crippen MR) is 45.4 cm³/mol. The number of benzene rings is 1. The van der Waals surface area contributed by atoms with Crippen LogP contribution in [0.25, 0.3) is 10.4 Å². The molecule has 0 saturated heterocycles. The molecule has 0 heterocycles. The number of aldehydes is 1. The van der Waals surface area contributed by atoms with Crippen molar-refractivity contribution < 1.29 is 4.79 Å². The van der Waals surface area contributed by atoms with Crippen LogP contribution in [0.3, 0.4) is 0 Å². The number of rotatable bonds is 2. The first-order valence-corrected chi connectivity index (χ1v) is 3.39. The van der Waals surface area contributed by atoms with Crippen LogP contribution < -0.4 is 0 Å². The zero-order valence-electron chi connectivity index (χ0n) is 6.56. The van der Waals surface area contributed by atoms with E-state index in [-0.39, 0.29) is 0 Å². The van der Waals surface area contributed by atoms with E-state index >= 15 is 0 Å². The Labute approximate surface area is 69.5 Å². The Morgan fingerprint density at radius 2 is 2.33 bits per heavy atom. The highest BCUT2D eigenvalue weighted by molar-refractivity contribution is 5.83. The fourth-order valence-corrected chi connectivity index (χ4v) is 0.908. The first-order valence-electron chi connectivity index (χ1n) is 3.39. The molecule has 0 bridgehead atoms. The number of carbonyl (C=O) groups excluding carboxylic acids is 1. The predicted octanol–water partition coefficient (Wildman–Crippen LogP) is 2.75. The van der Waals surface area contributed by atoms with Gasteiger partial charge in [-0.1, -0.05) is 22.8 Å². The number of aryl methyl sites for hydroxylation is 1. The first-order chi connectivity index (χ1) is 5.77. The molecule has 1 rings (SSSR count). The third-order valence-corrected chi connectivity index (χ3v) is 1.46. The maximum absolute atomic E-state index is 10.5. The van der Waals surface area contributed by atoms with E-state index in [0.717, 1.165) is 5.56 Å². The monoisotopic (exact) mass is 161 g/mol. The van der Waals surface area contributed by atoms with Gasteiger partial charge in [-0.15, -0.1) is 0 Å². The summed E-state index contributed by atoms with van der Waals surface area (Å²) in [6, 6.07) is 5.09. The van der Waals surface area contributed by atoms with Crippen molar-refractivity contribution in [3.05, 3.63) is 39.8 Å². The molecule has 60 valence electrons. The zero-order chi connectivity index (χ0) is 8.97. The lowest BCUT2D eigenvalue weighted by molar-refractivity contribution is 0.112. The second kappa shape index (κ2) is 3.55. The van der Waals surface area contributed by atoms with Crippen LogP contribution in [0.15, 0.2) is 23.3 Å². The molecule has 0 aliphatic carbocycles. The molecule has 4 heteroatoms. The largest absolute Gasteiger partial charge is 0.298 e.